The molecule has 0 aliphatic carbocycles. The number of aromatic nitrogens is 2. The largest absolute Gasteiger partial charge is 0.495 e. The molecule has 0 spiro atoms. The van der Waals surface area contributed by atoms with Crippen LogP contribution in [0.1, 0.15) is 5.82 Å². The van der Waals surface area contributed by atoms with E-state index in [0.717, 1.165) is 41.9 Å². The van der Waals surface area contributed by atoms with Gasteiger partial charge in [-0.2, -0.15) is 0 Å². The van der Waals surface area contributed by atoms with Crippen molar-refractivity contribution in [2.24, 2.45) is 0 Å². The molecule has 1 aliphatic rings. The lowest BCUT2D eigenvalue weighted by Gasteiger charge is -2.30. The first-order valence-corrected chi connectivity index (χ1v) is 10.2. The third-order valence-electron chi connectivity index (χ3n) is 4.50. The van der Waals surface area contributed by atoms with E-state index in [9.17, 15) is 8.42 Å². The first-order chi connectivity index (χ1) is 12.4. The minimum absolute atomic E-state index is 0.437. The number of sulfonamides is 1. The van der Waals surface area contributed by atoms with Crippen molar-refractivity contribution in [2.75, 3.05) is 29.5 Å². The lowest BCUT2D eigenvalue weighted by Crippen LogP contribution is -2.33. The van der Waals surface area contributed by atoms with Crippen molar-refractivity contribution in [3.63, 3.8) is 0 Å². The Bertz CT molecular complexity index is 1080. The van der Waals surface area contributed by atoms with Gasteiger partial charge in [0.2, 0.25) is 10.0 Å². The van der Waals surface area contributed by atoms with Gasteiger partial charge in [-0.15, -0.1) is 0 Å². The fourth-order valence-corrected chi connectivity index (χ4v) is 3.92. The van der Waals surface area contributed by atoms with Gasteiger partial charge in [0.25, 0.3) is 0 Å². The molecule has 0 unspecified atom stereocenters. The number of methoxy groups -OCH3 is 1. The Balaban J connectivity index is 1.67. The van der Waals surface area contributed by atoms with Gasteiger partial charge in [0, 0.05) is 18.8 Å². The highest BCUT2D eigenvalue weighted by atomic mass is 32.2. The van der Waals surface area contributed by atoms with E-state index < -0.39 is 10.0 Å². The number of imidazole rings is 1. The first kappa shape index (κ1) is 16.7. The van der Waals surface area contributed by atoms with Crippen molar-refractivity contribution in [1.82, 2.24) is 9.55 Å². The summed E-state index contributed by atoms with van der Waals surface area (Å²) in [6.45, 7) is 2.31. The molecule has 0 atom stereocenters. The summed E-state index contributed by atoms with van der Waals surface area (Å²) in [6.07, 6.45) is 1.13. The molecule has 2 heterocycles. The number of hydrogen-bond donors (Lipinski definition) is 1. The lowest BCUT2D eigenvalue weighted by molar-refractivity contribution is 0.417. The zero-order valence-corrected chi connectivity index (χ0v) is 15.5. The molecule has 4 rings (SSSR count). The third kappa shape index (κ3) is 3.08. The third-order valence-corrected chi connectivity index (χ3v) is 5.09. The van der Waals surface area contributed by atoms with Crippen molar-refractivity contribution in [2.45, 2.75) is 13.1 Å². The van der Waals surface area contributed by atoms with Gasteiger partial charge >= 0.3 is 0 Å². The average Bonchev–Trinajstić information content (AvgIpc) is 2.98. The van der Waals surface area contributed by atoms with Crippen LogP contribution in [0, 0.1) is 0 Å². The Kier molecular flexibility index (Phi) is 3.99. The molecule has 1 N–H and O–H groups in total. The van der Waals surface area contributed by atoms with Gasteiger partial charge in [-0.25, -0.2) is 13.4 Å². The molecular weight excluding hydrogens is 352 g/mol. The smallest absolute Gasteiger partial charge is 0.229 e. The molecule has 0 saturated carbocycles. The van der Waals surface area contributed by atoms with Crippen LogP contribution in [-0.2, 0) is 23.1 Å². The Labute approximate surface area is 152 Å². The van der Waals surface area contributed by atoms with E-state index in [1.54, 1.807) is 12.1 Å². The Morgan fingerprint density at radius 3 is 2.73 bits per heavy atom. The summed E-state index contributed by atoms with van der Waals surface area (Å²) < 4.78 is 33.3. The second kappa shape index (κ2) is 6.21. The summed E-state index contributed by atoms with van der Waals surface area (Å²) in [4.78, 5) is 6.92. The van der Waals surface area contributed by atoms with Gasteiger partial charge in [-0.1, -0.05) is 12.1 Å². The highest BCUT2D eigenvalue weighted by Gasteiger charge is 2.21. The fraction of sp³-hybridized carbons (Fsp3) is 0.278. The molecule has 8 heteroatoms. The van der Waals surface area contributed by atoms with Crippen LogP contribution < -0.4 is 14.4 Å². The summed E-state index contributed by atoms with van der Waals surface area (Å²) in [5.74, 6) is 1.49. The Morgan fingerprint density at radius 2 is 1.96 bits per heavy atom. The van der Waals surface area contributed by atoms with Crippen molar-refractivity contribution >= 4 is 32.4 Å². The lowest BCUT2D eigenvalue weighted by atomic mass is 10.2. The van der Waals surface area contributed by atoms with Gasteiger partial charge in [-0.05, 0) is 30.3 Å². The average molecular weight is 372 g/mol. The van der Waals surface area contributed by atoms with E-state index in [4.69, 9.17) is 9.72 Å². The number of nitrogens with zero attached hydrogens (tertiary/aromatic N) is 3. The van der Waals surface area contributed by atoms with Gasteiger partial charge < -0.3 is 14.2 Å². The van der Waals surface area contributed by atoms with E-state index in [2.05, 4.69) is 20.3 Å². The molecular formula is C18H20N4O3S. The molecule has 0 saturated heterocycles. The topological polar surface area (TPSA) is 76.5 Å². The van der Waals surface area contributed by atoms with E-state index >= 15 is 0 Å². The SMILES string of the molecule is COc1ccc(N2CCn3c(nc4ccccc43)C2)cc1NS(C)(=O)=O. The summed E-state index contributed by atoms with van der Waals surface area (Å²) in [5, 5.41) is 0. The van der Waals surface area contributed by atoms with Gasteiger partial charge in [0.05, 0.1) is 36.6 Å². The van der Waals surface area contributed by atoms with Gasteiger partial charge in [0.15, 0.2) is 0 Å². The maximum atomic E-state index is 11.6. The molecule has 26 heavy (non-hydrogen) atoms. The fourth-order valence-electron chi connectivity index (χ4n) is 3.36. The van der Waals surface area contributed by atoms with Crippen LogP contribution >= 0.6 is 0 Å². The summed E-state index contributed by atoms with van der Waals surface area (Å²) in [7, 11) is -1.87. The van der Waals surface area contributed by atoms with E-state index in [-0.39, 0.29) is 0 Å². The van der Waals surface area contributed by atoms with Crippen molar-refractivity contribution in [1.29, 1.82) is 0 Å². The maximum absolute atomic E-state index is 11.6. The summed E-state index contributed by atoms with van der Waals surface area (Å²) in [6, 6.07) is 13.6. The summed E-state index contributed by atoms with van der Waals surface area (Å²) >= 11 is 0. The molecule has 1 aliphatic heterocycles. The number of para-hydroxylation sites is 2. The van der Waals surface area contributed by atoms with Crippen LogP contribution in [0.3, 0.4) is 0 Å². The van der Waals surface area contributed by atoms with Crippen LogP contribution in [0.4, 0.5) is 11.4 Å². The molecule has 0 radical (unpaired) electrons. The van der Waals surface area contributed by atoms with Crippen LogP contribution in [0.25, 0.3) is 11.0 Å². The predicted molar refractivity (Wildman–Crippen MR) is 102 cm³/mol. The summed E-state index contributed by atoms with van der Waals surface area (Å²) in [5.41, 5.74) is 3.51. The Morgan fingerprint density at radius 1 is 1.15 bits per heavy atom. The van der Waals surface area contributed by atoms with Crippen LogP contribution in [-0.4, -0.2) is 37.9 Å². The van der Waals surface area contributed by atoms with Crippen LogP contribution in [0.5, 0.6) is 5.75 Å². The zero-order chi connectivity index (χ0) is 18.3. The quantitative estimate of drug-likeness (QED) is 0.761. The molecule has 1 aromatic heterocycles. The second-order valence-electron chi connectivity index (χ2n) is 6.35. The van der Waals surface area contributed by atoms with Gasteiger partial charge in [-0.3, -0.25) is 4.72 Å². The molecule has 0 bridgehead atoms. The molecule has 136 valence electrons. The van der Waals surface area contributed by atoms with E-state index in [0.29, 0.717) is 18.0 Å². The number of ether oxygens (including phenoxy) is 1. The molecule has 0 amide bonds. The minimum Gasteiger partial charge on any atom is -0.495 e. The number of anilines is 2. The predicted octanol–water partition coefficient (Wildman–Crippen LogP) is 2.44. The standard InChI is InChI=1S/C18H20N4O3S/c1-25-17-8-7-13(11-15(17)20-26(2,23)24)21-9-10-22-16-6-4-3-5-14(16)19-18(22)12-21/h3-8,11,20H,9-10,12H2,1-2H3. The normalized spacial score (nSPS) is 14.3. The van der Waals surface area contributed by atoms with Crippen molar-refractivity contribution in [3.8, 4) is 5.75 Å². The molecule has 0 fully saturated rings. The molecule has 3 aromatic rings. The zero-order valence-electron chi connectivity index (χ0n) is 14.6. The van der Waals surface area contributed by atoms with Crippen molar-refractivity contribution < 1.29 is 13.2 Å². The highest BCUT2D eigenvalue weighted by Crippen LogP contribution is 2.32. The molecule has 2 aromatic carbocycles. The minimum atomic E-state index is -3.39. The highest BCUT2D eigenvalue weighted by molar-refractivity contribution is 7.92. The van der Waals surface area contributed by atoms with E-state index in [1.165, 1.54) is 7.11 Å². The van der Waals surface area contributed by atoms with Crippen LogP contribution in [0.15, 0.2) is 42.5 Å². The molecule has 7 nitrogen and oxygen atoms in total. The number of fused-ring (bicyclic) bond motifs is 3. The monoisotopic (exact) mass is 372 g/mol. The number of rotatable bonds is 4. The Hall–Kier alpha value is -2.74. The van der Waals surface area contributed by atoms with E-state index in [1.807, 2.05) is 24.3 Å². The van der Waals surface area contributed by atoms with Gasteiger partial charge in [0.1, 0.15) is 11.6 Å². The first-order valence-electron chi connectivity index (χ1n) is 8.29. The number of nitrogens with one attached hydrogen (secondary N) is 1. The van der Waals surface area contributed by atoms with Crippen molar-refractivity contribution in [3.05, 3.63) is 48.3 Å². The number of benzene rings is 2. The second-order valence-corrected chi connectivity index (χ2v) is 8.10. The van der Waals surface area contributed by atoms with Crippen LogP contribution in [0.2, 0.25) is 0 Å². The maximum Gasteiger partial charge on any atom is 0.229 e. The number of hydrogen-bond acceptors (Lipinski definition) is 5.